The van der Waals surface area contributed by atoms with Crippen molar-refractivity contribution >= 4 is 12.0 Å². The predicted molar refractivity (Wildman–Crippen MR) is 95.0 cm³/mol. The molecule has 0 fully saturated rings. The van der Waals surface area contributed by atoms with Crippen LogP contribution in [-0.4, -0.2) is 56.7 Å². The van der Waals surface area contributed by atoms with Gasteiger partial charge in [0, 0.05) is 32.9 Å². The van der Waals surface area contributed by atoms with Gasteiger partial charge in [0.25, 0.3) is 0 Å². The minimum atomic E-state index is -0.335. The van der Waals surface area contributed by atoms with Crippen LogP contribution in [0.4, 0.5) is 10.7 Å². The molecule has 0 aliphatic rings. The summed E-state index contributed by atoms with van der Waals surface area (Å²) in [6, 6.07) is 7.33. The summed E-state index contributed by atoms with van der Waals surface area (Å²) in [6.07, 6.45) is 1.72. The van der Waals surface area contributed by atoms with Gasteiger partial charge in [-0.2, -0.15) is 0 Å². The second kappa shape index (κ2) is 9.65. The van der Waals surface area contributed by atoms with Crippen LogP contribution in [0.1, 0.15) is 0 Å². The number of urea groups is 1. The third-order valence-corrected chi connectivity index (χ3v) is 3.56. The van der Waals surface area contributed by atoms with Crippen LogP contribution in [0, 0.1) is 0 Å². The number of amides is 2. The molecule has 0 atom stereocenters. The van der Waals surface area contributed by atoms with Crippen molar-refractivity contribution < 1.29 is 19.0 Å². The molecule has 0 bridgehead atoms. The zero-order valence-electron chi connectivity index (χ0n) is 14.7. The predicted octanol–water partition coefficient (Wildman–Crippen LogP) is 1.97. The molecule has 136 valence electrons. The number of anilines is 1. The lowest BCUT2D eigenvalue weighted by Gasteiger charge is -2.13. The molecule has 0 aliphatic carbocycles. The van der Waals surface area contributed by atoms with Crippen molar-refractivity contribution in [3.8, 4) is 17.0 Å². The molecule has 25 heavy (non-hydrogen) atoms. The maximum absolute atomic E-state index is 12.0. The highest BCUT2D eigenvalue weighted by Crippen LogP contribution is 2.26. The third-order valence-electron chi connectivity index (χ3n) is 3.56. The maximum atomic E-state index is 12.0. The number of ether oxygens (including phenoxy) is 3. The molecular weight excluding hydrogens is 324 g/mol. The van der Waals surface area contributed by atoms with E-state index in [-0.39, 0.29) is 6.03 Å². The molecule has 1 heterocycles. The Hall–Kier alpha value is -2.58. The number of methoxy groups -OCH3 is 3. The van der Waals surface area contributed by atoms with Gasteiger partial charge in [0.15, 0.2) is 0 Å². The van der Waals surface area contributed by atoms with E-state index in [2.05, 4.69) is 15.6 Å². The number of nitrogens with one attached hydrogen (secondary N) is 2. The van der Waals surface area contributed by atoms with Crippen molar-refractivity contribution in [3.63, 3.8) is 0 Å². The molecule has 0 unspecified atom stereocenters. The quantitative estimate of drug-likeness (QED) is 0.677. The Morgan fingerprint density at radius 1 is 1.20 bits per heavy atom. The van der Waals surface area contributed by atoms with Gasteiger partial charge in [0.1, 0.15) is 5.75 Å². The normalized spacial score (nSPS) is 10.5. The van der Waals surface area contributed by atoms with E-state index >= 15 is 0 Å². The number of benzene rings is 1. The fraction of sp³-hybridized carbons (Fsp3) is 0.412. The average molecular weight is 348 g/mol. The Balaban J connectivity index is 2.22. The number of hydrogen-bond donors (Lipinski definition) is 2. The number of nitrogens with zero attached hydrogens (tertiary/aromatic N) is 2. The summed E-state index contributed by atoms with van der Waals surface area (Å²) >= 11 is 0. The molecule has 8 heteroatoms. The van der Waals surface area contributed by atoms with E-state index in [1.54, 1.807) is 27.5 Å². The van der Waals surface area contributed by atoms with Crippen LogP contribution in [0.3, 0.4) is 0 Å². The minimum absolute atomic E-state index is 0.335. The van der Waals surface area contributed by atoms with Crippen LogP contribution < -0.4 is 15.4 Å². The fourth-order valence-corrected chi connectivity index (χ4v) is 2.31. The van der Waals surface area contributed by atoms with Crippen molar-refractivity contribution in [1.29, 1.82) is 0 Å². The lowest BCUT2D eigenvalue weighted by molar-refractivity contribution is 0.188. The molecule has 0 radical (unpaired) electrons. The van der Waals surface area contributed by atoms with Gasteiger partial charge in [0.2, 0.25) is 5.95 Å². The van der Waals surface area contributed by atoms with Gasteiger partial charge in [-0.05, 0) is 12.1 Å². The van der Waals surface area contributed by atoms with E-state index in [4.69, 9.17) is 14.2 Å². The molecular formula is C17H24N4O4. The van der Waals surface area contributed by atoms with E-state index in [1.807, 2.05) is 28.8 Å². The van der Waals surface area contributed by atoms with Crippen molar-refractivity contribution in [2.45, 2.75) is 6.54 Å². The molecule has 2 aromatic rings. The van der Waals surface area contributed by atoms with Gasteiger partial charge < -0.3 is 24.1 Å². The lowest BCUT2D eigenvalue weighted by atomic mass is 10.1. The van der Waals surface area contributed by atoms with E-state index in [1.165, 1.54) is 0 Å². The Bertz CT molecular complexity index is 687. The first kappa shape index (κ1) is 18.8. The smallest absolute Gasteiger partial charge is 0.321 e. The molecule has 0 saturated carbocycles. The van der Waals surface area contributed by atoms with Gasteiger partial charge in [-0.25, -0.2) is 9.78 Å². The Morgan fingerprint density at radius 2 is 2.00 bits per heavy atom. The third kappa shape index (κ3) is 5.20. The average Bonchev–Trinajstić information content (AvgIpc) is 3.02. The standard InChI is InChI=1S/C17H24N4O4/c1-23-9-7-18-17(22)20-16-19-12-15(21(16)8-10-24-2)13-5-4-6-14(11-13)25-3/h4-6,11-12H,7-10H2,1-3H3,(H2,18,19,20,22). The lowest BCUT2D eigenvalue weighted by Crippen LogP contribution is -2.32. The number of hydrogen-bond acceptors (Lipinski definition) is 5. The molecule has 1 aromatic carbocycles. The summed E-state index contributed by atoms with van der Waals surface area (Å²) in [5.41, 5.74) is 1.80. The summed E-state index contributed by atoms with van der Waals surface area (Å²) in [7, 11) is 4.84. The monoisotopic (exact) mass is 348 g/mol. The summed E-state index contributed by atoms with van der Waals surface area (Å²) < 4.78 is 17.3. The molecule has 0 spiro atoms. The van der Waals surface area contributed by atoms with Gasteiger partial charge in [-0.3, -0.25) is 5.32 Å². The molecule has 0 saturated heterocycles. The fourth-order valence-electron chi connectivity index (χ4n) is 2.31. The Kier molecular flexibility index (Phi) is 7.24. The molecule has 8 nitrogen and oxygen atoms in total. The zero-order valence-corrected chi connectivity index (χ0v) is 14.7. The number of imidazole rings is 1. The minimum Gasteiger partial charge on any atom is -0.497 e. The number of aromatic nitrogens is 2. The maximum Gasteiger partial charge on any atom is 0.321 e. The van der Waals surface area contributed by atoms with Crippen molar-refractivity contribution in [1.82, 2.24) is 14.9 Å². The van der Waals surface area contributed by atoms with Crippen LogP contribution in [0.2, 0.25) is 0 Å². The summed E-state index contributed by atoms with van der Waals surface area (Å²) in [6.45, 7) is 1.91. The molecule has 2 N–H and O–H groups in total. The van der Waals surface area contributed by atoms with Crippen molar-refractivity contribution in [2.24, 2.45) is 0 Å². The van der Waals surface area contributed by atoms with Gasteiger partial charge in [-0.1, -0.05) is 12.1 Å². The van der Waals surface area contributed by atoms with E-state index in [0.717, 1.165) is 17.0 Å². The number of rotatable bonds is 9. The van der Waals surface area contributed by atoms with Gasteiger partial charge in [-0.15, -0.1) is 0 Å². The van der Waals surface area contributed by atoms with Crippen LogP contribution in [0.5, 0.6) is 5.75 Å². The largest absolute Gasteiger partial charge is 0.497 e. The second-order valence-electron chi connectivity index (χ2n) is 5.22. The molecule has 0 aliphatic heterocycles. The highest BCUT2D eigenvalue weighted by Gasteiger charge is 2.14. The first-order valence-corrected chi connectivity index (χ1v) is 7.92. The topological polar surface area (TPSA) is 86.6 Å². The summed E-state index contributed by atoms with van der Waals surface area (Å²) in [5, 5.41) is 5.46. The summed E-state index contributed by atoms with van der Waals surface area (Å²) in [5.74, 6) is 1.20. The van der Waals surface area contributed by atoms with Crippen LogP contribution >= 0.6 is 0 Å². The van der Waals surface area contributed by atoms with E-state index in [9.17, 15) is 4.79 Å². The first-order chi connectivity index (χ1) is 12.2. The first-order valence-electron chi connectivity index (χ1n) is 7.92. The van der Waals surface area contributed by atoms with Crippen LogP contribution in [0.25, 0.3) is 11.3 Å². The number of carbonyl (C=O) groups is 1. The zero-order chi connectivity index (χ0) is 18.1. The Labute approximate surface area is 147 Å². The SMILES string of the molecule is COCCNC(=O)Nc1ncc(-c2cccc(OC)c2)n1CCOC. The summed E-state index contributed by atoms with van der Waals surface area (Å²) in [4.78, 5) is 16.3. The van der Waals surface area contributed by atoms with E-state index in [0.29, 0.717) is 32.3 Å². The van der Waals surface area contributed by atoms with Crippen LogP contribution in [-0.2, 0) is 16.0 Å². The van der Waals surface area contributed by atoms with Gasteiger partial charge >= 0.3 is 6.03 Å². The van der Waals surface area contributed by atoms with Crippen LogP contribution in [0.15, 0.2) is 30.5 Å². The molecule has 2 amide bonds. The van der Waals surface area contributed by atoms with Crippen molar-refractivity contribution in [3.05, 3.63) is 30.5 Å². The van der Waals surface area contributed by atoms with Gasteiger partial charge in [0.05, 0.1) is 32.2 Å². The highest BCUT2D eigenvalue weighted by atomic mass is 16.5. The van der Waals surface area contributed by atoms with E-state index < -0.39 is 0 Å². The Morgan fingerprint density at radius 3 is 2.72 bits per heavy atom. The molecule has 1 aromatic heterocycles. The second-order valence-corrected chi connectivity index (χ2v) is 5.22. The van der Waals surface area contributed by atoms with Crippen molar-refractivity contribution in [2.75, 3.05) is 46.4 Å². The number of carbonyl (C=O) groups excluding carboxylic acids is 1. The molecule has 2 rings (SSSR count). The highest BCUT2D eigenvalue weighted by molar-refractivity contribution is 5.88.